The van der Waals surface area contributed by atoms with E-state index < -0.39 is 26.7 Å². The second-order valence-electron chi connectivity index (χ2n) is 3.56. The minimum absolute atomic E-state index is 0.0964. The lowest BCUT2D eigenvalue weighted by atomic mass is 10.1. The lowest BCUT2D eigenvalue weighted by Crippen LogP contribution is -2.13. The van der Waals surface area contributed by atoms with E-state index in [4.69, 9.17) is 10.5 Å². The Hall–Kier alpha value is -1.18. The maximum absolute atomic E-state index is 13.7. The molecule has 0 aliphatic rings. The molecule has 0 saturated heterocycles. The van der Waals surface area contributed by atoms with Gasteiger partial charge < -0.3 is 15.6 Å². The maximum atomic E-state index is 13.7. The molecule has 1 unspecified atom stereocenters. The minimum Gasteiger partial charge on any atom is -0.495 e. The van der Waals surface area contributed by atoms with E-state index in [9.17, 15) is 17.9 Å². The largest absolute Gasteiger partial charge is 0.495 e. The van der Waals surface area contributed by atoms with Crippen LogP contribution in [0.25, 0.3) is 0 Å². The van der Waals surface area contributed by atoms with Crippen LogP contribution in [0.1, 0.15) is 11.7 Å². The van der Waals surface area contributed by atoms with Gasteiger partial charge in [-0.3, -0.25) is 0 Å². The number of benzene rings is 1. The summed E-state index contributed by atoms with van der Waals surface area (Å²) in [4.78, 5) is -0.520. The first-order valence-corrected chi connectivity index (χ1v) is 6.66. The standard InChI is InChI=1S/C10H14FNO4S/c1-16-9-4-6(8(13)5-12)3-7(11)10(9)17(2,14)15/h3-4,8,13H,5,12H2,1-2H3. The van der Waals surface area contributed by atoms with Crippen molar-refractivity contribution in [3.63, 3.8) is 0 Å². The molecular weight excluding hydrogens is 249 g/mol. The Kier molecular flexibility index (Phi) is 4.07. The van der Waals surface area contributed by atoms with Crippen LogP contribution in [-0.4, -0.2) is 33.4 Å². The molecule has 1 aromatic carbocycles. The average Bonchev–Trinajstić information content (AvgIpc) is 2.24. The van der Waals surface area contributed by atoms with Gasteiger partial charge in [0.2, 0.25) is 0 Å². The lowest BCUT2D eigenvalue weighted by molar-refractivity contribution is 0.185. The number of methoxy groups -OCH3 is 1. The Morgan fingerprint density at radius 3 is 2.53 bits per heavy atom. The van der Waals surface area contributed by atoms with Gasteiger partial charge in [-0.15, -0.1) is 0 Å². The van der Waals surface area contributed by atoms with Crippen molar-refractivity contribution in [2.75, 3.05) is 19.9 Å². The molecule has 17 heavy (non-hydrogen) atoms. The molecule has 0 aliphatic heterocycles. The fraction of sp³-hybridized carbons (Fsp3) is 0.400. The highest BCUT2D eigenvalue weighted by molar-refractivity contribution is 7.90. The Labute approximate surface area is 98.9 Å². The quantitative estimate of drug-likeness (QED) is 0.811. The zero-order valence-corrected chi connectivity index (χ0v) is 10.3. The third-order valence-corrected chi connectivity index (χ3v) is 3.37. The summed E-state index contributed by atoms with van der Waals surface area (Å²) >= 11 is 0. The maximum Gasteiger partial charge on any atom is 0.182 e. The summed E-state index contributed by atoms with van der Waals surface area (Å²) < 4.78 is 41.2. The molecule has 0 bridgehead atoms. The molecule has 3 N–H and O–H groups in total. The molecule has 0 spiro atoms. The van der Waals surface area contributed by atoms with Gasteiger partial charge >= 0.3 is 0 Å². The summed E-state index contributed by atoms with van der Waals surface area (Å²) in [5.74, 6) is -1.11. The third-order valence-electron chi connectivity index (χ3n) is 2.23. The molecule has 7 heteroatoms. The van der Waals surface area contributed by atoms with Gasteiger partial charge in [-0.25, -0.2) is 12.8 Å². The fourth-order valence-corrected chi connectivity index (χ4v) is 2.35. The molecule has 1 aromatic rings. The van der Waals surface area contributed by atoms with Crippen molar-refractivity contribution < 1.29 is 22.7 Å². The number of nitrogens with two attached hydrogens (primary N) is 1. The van der Waals surface area contributed by atoms with Gasteiger partial charge in [0.05, 0.1) is 13.2 Å². The van der Waals surface area contributed by atoms with E-state index in [1.807, 2.05) is 0 Å². The summed E-state index contributed by atoms with van der Waals surface area (Å²) in [5.41, 5.74) is 5.41. The number of sulfone groups is 1. The lowest BCUT2D eigenvalue weighted by Gasteiger charge is -2.13. The van der Waals surface area contributed by atoms with Gasteiger partial charge in [0.15, 0.2) is 9.84 Å². The van der Waals surface area contributed by atoms with Crippen LogP contribution in [0, 0.1) is 5.82 Å². The Morgan fingerprint density at radius 2 is 2.12 bits per heavy atom. The average molecular weight is 263 g/mol. The van der Waals surface area contributed by atoms with E-state index in [0.717, 1.165) is 12.3 Å². The SMILES string of the molecule is COc1cc(C(O)CN)cc(F)c1S(C)(=O)=O. The highest BCUT2D eigenvalue weighted by atomic mass is 32.2. The Morgan fingerprint density at radius 1 is 1.53 bits per heavy atom. The van der Waals surface area contributed by atoms with Crippen LogP contribution in [-0.2, 0) is 9.84 Å². The van der Waals surface area contributed by atoms with E-state index >= 15 is 0 Å². The molecule has 0 amide bonds. The van der Waals surface area contributed by atoms with Crippen LogP contribution in [0.15, 0.2) is 17.0 Å². The van der Waals surface area contributed by atoms with Gasteiger partial charge in [-0.1, -0.05) is 0 Å². The summed E-state index contributed by atoms with van der Waals surface area (Å²) in [6.45, 7) is -0.0964. The molecule has 0 aliphatic carbocycles. The van der Waals surface area contributed by atoms with Crippen molar-refractivity contribution in [2.24, 2.45) is 5.73 Å². The van der Waals surface area contributed by atoms with E-state index in [2.05, 4.69) is 0 Å². The van der Waals surface area contributed by atoms with Crippen molar-refractivity contribution in [1.29, 1.82) is 0 Å². The van der Waals surface area contributed by atoms with Gasteiger partial charge in [-0.2, -0.15) is 0 Å². The predicted octanol–water partition coefficient (Wildman–Crippen LogP) is 0.230. The van der Waals surface area contributed by atoms with Gasteiger partial charge in [0.25, 0.3) is 0 Å². The zero-order chi connectivity index (χ0) is 13.2. The highest BCUT2D eigenvalue weighted by Crippen LogP contribution is 2.30. The van der Waals surface area contributed by atoms with Crippen LogP contribution in [0.4, 0.5) is 4.39 Å². The summed E-state index contributed by atoms with van der Waals surface area (Å²) in [7, 11) is -2.51. The fourth-order valence-electron chi connectivity index (χ4n) is 1.43. The molecule has 0 aromatic heterocycles. The molecule has 0 radical (unpaired) electrons. The molecule has 1 atom stereocenters. The molecule has 0 heterocycles. The van der Waals surface area contributed by atoms with E-state index in [0.29, 0.717) is 0 Å². The number of halogens is 1. The monoisotopic (exact) mass is 263 g/mol. The molecule has 0 saturated carbocycles. The van der Waals surface area contributed by atoms with Crippen LogP contribution in [0.5, 0.6) is 5.75 Å². The number of aliphatic hydroxyl groups is 1. The minimum atomic E-state index is -3.74. The molecular formula is C10H14FNO4S. The van der Waals surface area contributed by atoms with Crippen molar-refractivity contribution >= 4 is 9.84 Å². The smallest absolute Gasteiger partial charge is 0.182 e. The van der Waals surface area contributed by atoms with E-state index in [1.165, 1.54) is 13.2 Å². The number of hydrogen-bond acceptors (Lipinski definition) is 5. The van der Waals surface area contributed by atoms with Crippen LogP contribution >= 0.6 is 0 Å². The van der Waals surface area contributed by atoms with E-state index in [-0.39, 0.29) is 17.9 Å². The van der Waals surface area contributed by atoms with Crippen LogP contribution < -0.4 is 10.5 Å². The molecule has 1 rings (SSSR count). The van der Waals surface area contributed by atoms with Crippen molar-refractivity contribution in [2.45, 2.75) is 11.0 Å². The third kappa shape index (κ3) is 2.93. The van der Waals surface area contributed by atoms with Gasteiger partial charge in [0, 0.05) is 12.8 Å². The Bertz CT molecular complexity index is 515. The molecule has 0 fully saturated rings. The second kappa shape index (κ2) is 4.99. The number of rotatable bonds is 4. The summed E-state index contributed by atoms with van der Waals surface area (Å²) in [6.07, 6.45) is -0.181. The number of aliphatic hydroxyl groups excluding tert-OH is 1. The first kappa shape index (κ1) is 13.9. The number of ether oxygens (including phenoxy) is 1. The topological polar surface area (TPSA) is 89.6 Å². The van der Waals surface area contributed by atoms with Gasteiger partial charge in [-0.05, 0) is 17.7 Å². The highest BCUT2D eigenvalue weighted by Gasteiger charge is 2.22. The van der Waals surface area contributed by atoms with Crippen molar-refractivity contribution in [3.8, 4) is 5.75 Å². The molecule has 96 valence electrons. The van der Waals surface area contributed by atoms with E-state index in [1.54, 1.807) is 0 Å². The normalized spacial score (nSPS) is 13.5. The number of hydrogen-bond donors (Lipinski definition) is 2. The van der Waals surface area contributed by atoms with Crippen molar-refractivity contribution in [3.05, 3.63) is 23.5 Å². The van der Waals surface area contributed by atoms with Crippen LogP contribution in [0.2, 0.25) is 0 Å². The molecule has 5 nitrogen and oxygen atoms in total. The summed E-state index contributed by atoms with van der Waals surface area (Å²) in [6, 6.07) is 2.20. The van der Waals surface area contributed by atoms with Gasteiger partial charge in [0.1, 0.15) is 16.5 Å². The van der Waals surface area contributed by atoms with Crippen LogP contribution in [0.3, 0.4) is 0 Å². The first-order valence-electron chi connectivity index (χ1n) is 4.77. The predicted molar refractivity (Wildman–Crippen MR) is 60.1 cm³/mol. The summed E-state index contributed by atoms with van der Waals surface area (Å²) in [5, 5.41) is 9.47. The Balaban J connectivity index is 3.47. The first-order chi connectivity index (χ1) is 7.81. The zero-order valence-electron chi connectivity index (χ0n) is 9.47. The second-order valence-corrected chi connectivity index (χ2v) is 5.51. The van der Waals surface area contributed by atoms with Crippen molar-refractivity contribution in [1.82, 2.24) is 0 Å².